The van der Waals surface area contributed by atoms with Crippen LogP contribution in [0.2, 0.25) is 0 Å². The summed E-state index contributed by atoms with van der Waals surface area (Å²) in [5.41, 5.74) is 0.992. The van der Waals surface area contributed by atoms with Gasteiger partial charge < -0.3 is 10.0 Å². The van der Waals surface area contributed by atoms with Crippen molar-refractivity contribution in [2.45, 2.75) is 11.8 Å². The van der Waals surface area contributed by atoms with E-state index in [-0.39, 0.29) is 0 Å². The highest BCUT2D eigenvalue weighted by Gasteiger charge is 2.17. The number of terminal acetylenes is 1. The number of aromatic carboxylic acids is 1. The van der Waals surface area contributed by atoms with Gasteiger partial charge in [-0.3, -0.25) is 0 Å². The Bertz CT molecular complexity index is 451. The molecule has 0 bridgehead atoms. The second-order valence-corrected chi connectivity index (χ2v) is 4.75. The SMILES string of the molecule is C#CCN(C)c1cccc(SCC)c1C(=O)O. The number of rotatable bonds is 5. The lowest BCUT2D eigenvalue weighted by Crippen LogP contribution is -2.20. The summed E-state index contributed by atoms with van der Waals surface area (Å²) in [7, 11) is 1.79. The van der Waals surface area contributed by atoms with Gasteiger partial charge in [-0.2, -0.15) is 0 Å². The van der Waals surface area contributed by atoms with Crippen LogP contribution in [0.4, 0.5) is 5.69 Å². The van der Waals surface area contributed by atoms with Gasteiger partial charge in [-0.15, -0.1) is 18.2 Å². The molecular weight excluding hydrogens is 234 g/mol. The lowest BCUT2D eigenvalue weighted by Gasteiger charge is -2.20. The van der Waals surface area contributed by atoms with Gasteiger partial charge in [-0.25, -0.2) is 4.79 Å². The van der Waals surface area contributed by atoms with Crippen molar-refractivity contribution in [1.82, 2.24) is 0 Å². The third-order valence-electron chi connectivity index (χ3n) is 2.26. The molecule has 1 rings (SSSR count). The minimum Gasteiger partial charge on any atom is -0.478 e. The third kappa shape index (κ3) is 3.18. The van der Waals surface area contributed by atoms with Crippen molar-refractivity contribution < 1.29 is 9.90 Å². The number of anilines is 1. The average Bonchev–Trinajstić information content (AvgIpc) is 2.29. The fourth-order valence-corrected chi connectivity index (χ4v) is 2.37. The van der Waals surface area contributed by atoms with Crippen molar-refractivity contribution in [3.8, 4) is 12.3 Å². The van der Waals surface area contributed by atoms with Crippen LogP contribution in [0.1, 0.15) is 17.3 Å². The molecule has 0 amide bonds. The number of hydrogen-bond acceptors (Lipinski definition) is 3. The summed E-state index contributed by atoms with van der Waals surface area (Å²) in [6.07, 6.45) is 5.25. The minimum absolute atomic E-state index is 0.331. The fraction of sp³-hybridized carbons (Fsp3) is 0.308. The van der Waals surface area contributed by atoms with Crippen molar-refractivity contribution in [3.05, 3.63) is 23.8 Å². The Morgan fingerprint density at radius 2 is 2.29 bits per heavy atom. The Morgan fingerprint density at radius 1 is 1.59 bits per heavy atom. The molecule has 0 heterocycles. The van der Waals surface area contributed by atoms with E-state index in [1.54, 1.807) is 18.0 Å². The first-order valence-electron chi connectivity index (χ1n) is 5.25. The molecule has 0 radical (unpaired) electrons. The van der Waals surface area contributed by atoms with E-state index in [1.165, 1.54) is 11.8 Å². The molecule has 0 aliphatic heterocycles. The highest BCUT2D eigenvalue weighted by Crippen LogP contribution is 2.30. The quantitative estimate of drug-likeness (QED) is 0.643. The molecule has 0 spiro atoms. The van der Waals surface area contributed by atoms with Crippen molar-refractivity contribution in [3.63, 3.8) is 0 Å². The largest absolute Gasteiger partial charge is 0.478 e. The molecular formula is C13H15NO2S. The highest BCUT2D eigenvalue weighted by atomic mass is 32.2. The van der Waals surface area contributed by atoms with Crippen LogP contribution in [0, 0.1) is 12.3 Å². The molecule has 0 fully saturated rings. The van der Waals surface area contributed by atoms with Crippen LogP contribution >= 0.6 is 11.8 Å². The summed E-state index contributed by atoms with van der Waals surface area (Å²) in [6, 6.07) is 5.46. The lowest BCUT2D eigenvalue weighted by atomic mass is 10.1. The molecule has 0 aromatic heterocycles. The highest BCUT2D eigenvalue weighted by molar-refractivity contribution is 7.99. The predicted octanol–water partition coefficient (Wildman–Crippen LogP) is 2.57. The summed E-state index contributed by atoms with van der Waals surface area (Å²) < 4.78 is 0. The standard InChI is InChI=1S/C13H15NO2S/c1-4-9-14(3)10-7-6-8-11(17-5-2)12(10)13(15)16/h1,6-8H,5,9H2,2-3H3,(H,15,16). The molecule has 0 unspecified atom stereocenters. The second kappa shape index (κ2) is 6.21. The summed E-state index contributed by atoms with van der Waals surface area (Å²) in [6.45, 7) is 2.38. The maximum atomic E-state index is 11.3. The first-order valence-corrected chi connectivity index (χ1v) is 6.24. The van der Waals surface area contributed by atoms with Gasteiger partial charge in [0.1, 0.15) is 0 Å². The lowest BCUT2D eigenvalue weighted by molar-refractivity contribution is 0.0694. The van der Waals surface area contributed by atoms with Crippen LogP contribution < -0.4 is 4.90 Å². The number of carboxylic acid groups (broad SMARTS) is 1. The minimum atomic E-state index is -0.916. The van der Waals surface area contributed by atoms with Gasteiger partial charge in [0.05, 0.1) is 17.8 Å². The number of hydrogen-bond donors (Lipinski definition) is 1. The summed E-state index contributed by atoms with van der Waals surface area (Å²) in [5, 5.41) is 9.30. The van der Waals surface area contributed by atoms with Crippen molar-refractivity contribution in [1.29, 1.82) is 0 Å². The van der Waals surface area contributed by atoms with Gasteiger partial charge >= 0.3 is 5.97 Å². The zero-order chi connectivity index (χ0) is 12.8. The number of carbonyl (C=O) groups is 1. The Labute approximate surface area is 106 Å². The first kappa shape index (κ1) is 13.5. The van der Waals surface area contributed by atoms with Crippen LogP contribution in [-0.4, -0.2) is 30.4 Å². The van der Waals surface area contributed by atoms with Crippen LogP contribution in [0.5, 0.6) is 0 Å². The Kier molecular flexibility index (Phi) is 4.92. The van der Waals surface area contributed by atoms with Crippen LogP contribution in [0.3, 0.4) is 0 Å². The van der Waals surface area contributed by atoms with E-state index in [1.807, 2.05) is 19.1 Å². The Hall–Kier alpha value is -1.60. The molecule has 3 nitrogen and oxygen atoms in total. The fourth-order valence-electron chi connectivity index (χ4n) is 1.55. The third-order valence-corrected chi connectivity index (χ3v) is 3.20. The summed E-state index contributed by atoms with van der Waals surface area (Å²) >= 11 is 1.52. The molecule has 90 valence electrons. The van der Waals surface area contributed by atoms with Gasteiger partial charge in [0.25, 0.3) is 0 Å². The second-order valence-electron chi connectivity index (χ2n) is 3.45. The molecule has 1 aromatic carbocycles. The molecule has 0 aliphatic rings. The maximum absolute atomic E-state index is 11.3. The smallest absolute Gasteiger partial charge is 0.338 e. The van der Waals surface area contributed by atoms with E-state index in [9.17, 15) is 9.90 Å². The van der Waals surface area contributed by atoms with E-state index in [2.05, 4.69) is 5.92 Å². The first-order chi connectivity index (χ1) is 8.11. The molecule has 1 aromatic rings. The topological polar surface area (TPSA) is 40.5 Å². The van der Waals surface area contributed by atoms with Crippen molar-refractivity contribution >= 4 is 23.4 Å². The Balaban J connectivity index is 3.25. The van der Waals surface area contributed by atoms with Crippen LogP contribution in [-0.2, 0) is 0 Å². The average molecular weight is 249 g/mol. The van der Waals surface area contributed by atoms with Gasteiger partial charge in [-0.1, -0.05) is 18.9 Å². The van der Waals surface area contributed by atoms with Gasteiger partial charge in [0.15, 0.2) is 0 Å². The number of benzene rings is 1. The molecule has 0 saturated carbocycles. The maximum Gasteiger partial charge on any atom is 0.338 e. The molecule has 4 heteroatoms. The van der Waals surface area contributed by atoms with E-state index in [0.717, 1.165) is 10.6 Å². The zero-order valence-corrected chi connectivity index (χ0v) is 10.8. The van der Waals surface area contributed by atoms with E-state index >= 15 is 0 Å². The Morgan fingerprint density at radius 3 is 2.82 bits per heavy atom. The van der Waals surface area contributed by atoms with Crippen LogP contribution in [0.25, 0.3) is 0 Å². The van der Waals surface area contributed by atoms with Gasteiger partial charge in [-0.05, 0) is 17.9 Å². The van der Waals surface area contributed by atoms with E-state index in [4.69, 9.17) is 6.42 Å². The number of carboxylic acids is 1. The van der Waals surface area contributed by atoms with Crippen LogP contribution in [0.15, 0.2) is 23.1 Å². The number of thioether (sulfide) groups is 1. The van der Waals surface area contributed by atoms with E-state index < -0.39 is 5.97 Å². The molecule has 0 atom stereocenters. The zero-order valence-electron chi connectivity index (χ0n) is 9.93. The predicted molar refractivity (Wildman–Crippen MR) is 71.9 cm³/mol. The number of nitrogens with zero attached hydrogens (tertiary/aromatic N) is 1. The molecule has 0 aliphatic carbocycles. The normalized spacial score (nSPS) is 9.71. The summed E-state index contributed by atoms with van der Waals surface area (Å²) in [5.74, 6) is 2.43. The molecule has 17 heavy (non-hydrogen) atoms. The summed E-state index contributed by atoms with van der Waals surface area (Å²) in [4.78, 5) is 13.9. The van der Waals surface area contributed by atoms with Gasteiger partial charge in [0.2, 0.25) is 0 Å². The van der Waals surface area contributed by atoms with Gasteiger partial charge in [0, 0.05) is 11.9 Å². The van der Waals surface area contributed by atoms with Crippen molar-refractivity contribution in [2.24, 2.45) is 0 Å². The molecule has 0 saturated heterocycles. The van der Waals surface area contributed by atoms with E-state index in [0.29, 0.717) is 17.8 Å². The monoisotopic (exact) mass is 249 g/mol. The molecule has 1 N–H and O–H groups in total. The van der Waals surface area contributed by atoms with Crippen molar-refractivity contribution in [2.75, 3.05) is 24.2 Å².